The molecule has 0 spiro atoms. The van der Waals surface area contributed by atoms with Crippen molar-refractivity contribution in [1.29, 1.82) is 0 Å². The van der Waals surface area contributed by atoms with E-state index in [4.69, 9.17) is 12.2 Å². The number of nitrogens with zero attached hydrogens (tertiary/aromatic N) is 3. The normalized spacial score (nSPS) is 11.2. The van der Waals surface area contributed by atoms with Crippen LogP contribution in [0.4, 0.5) is 0 Å². The van der Waals surface area contributed by atoms with Gasteiger partial charge in [-0.05, 0) is 6.92 Å². The highest BCUT2D eigenvalue weighted by molar-refractivity contribution is 7.71. The van der Waals surface area contributed by atoms with Crippen molar-refractivity contribution in [2.45, 2.75) is 26.7 Å². The summed E-state index contributed by atoms with van der Waals surface area (Å²) in [6.45, 7) is 5.99. The van der Waals surface area contributed by atoms with Crippen molar-refractivity contribution in [1.82, 2.24) is 19.9 Å². The third-order valence-electron chi connectivity index (χ3n) is 2.12. The Balaban J connectivity index is 2.77. The Morgan fingerprint density at radius 2 is 2.07 bits per heavy atom. The lowest BCUT2D eigenvalue weighted by Gasteiger charge is -2.05. The van der Waals surface area contributed by atoms with E-state index in [0.717, 1.165) is 22.7 Å². The first kappa shape index (κ1) is 10.2. The number of aromatic amines is 1. The van der Waals surface area contributed by atoms with Gasteiger partial charge in [0.05, 0.1) is 5.39 Å². The summed E-state index contributed by atoms with van der Waals surface area (Å²) >= 11 is 5.14. The summed E-state index contributed by atoms with van der Waals surface area (Å²) in [5.74, 6) is 1.91. The van der Waals surface area contributed by atoms with E-state index >= 15 is 0 Å². The van der Waals surface area contributed by atoms with Crippen molar-refractivity contribution in [2.75, 3.05) is 0 Å². The Labute approximate surface area is 92.8 Å². The fraction of sp³-hybridized carbons (Fsp3) is 0.400. The number of fused-ring (bicyclic) bond motifs is 1. The Morgan fingerprint density at radius 3 is 2.73 bits per heavy atom. The average molecular weight is 220 g/mol. The van der Waals surface area contributed by atoms with E-state index in [9.17, 15) is 0 Å². The van der Waals surface area contributed by atoms with Crippen LogP contribution >= 0.6 is 12.2 Å². The molecule has 0 radical (unpaired) electrons. The Kier molecular flexibility index (Phi) is 2.48. The minimum atomic E-state index is 0.310. The van der Waals surface area contributed by atoms with Gasteiger partial charge in [-0.3, -0.25) is 0 Å². The lowest BCUT2D eigenvalue weighted by Crippen LogP contribution is -2.00. The van der Waals surface area contributed by atoms with Crippen LogP contribution in [0, 0.1) is 11.6 Å². The molecule has 0 bridgehead atoms. The minimum Gasteiger partial charge on any atom is -0.328 e. The van der Waals surface area contributed by atoms with Crippen LogP contribution in [0.2, 0.25) is 0 Å². The molecule has 2 heterocycles. The lowest BCUT2D eigenvalue weighted by atomic mass is 10.2. The van der Waals surface area contributed by atoms with Gasteiger partial charge in [0.1, 0.15) is 21.9 Å². The second-order valence-electron chi connectivity index (χ2n) is 3.77. The number of aryl methyl sites for hydroxylation is 1. The molecule has 15 heavy (non-hydrogen) atoms. The second-order valence-corrected chi connectivity index (χ2v) is 4.16. The Hall–Kier alpha value is -1.36. The molecule has 2 rings (SSSR count). The molecule has 2 aromatic heterocycles. The molecule has 0 unspecified atom stereocenters. The van der Waals surface area contributed by atoms with Crippen LogP contribution in [-0.2, 0) is 0 Å². The molecule has 2 aromatic rings. The maximum atomic E-state index is 5.14. The largest absolute Gasteiger partial charge is 0.328 e. The van der Waals surface area contributed by atoms with E-state index < -0.39 is 0 Å². The SMILES string of the molecule is Cc1nc(=S)c2cnc(C(C)C)nc2[nH]1. The first-order chi connectivity index (χ1) is 7.08. The van der Waals surface area contributed by atoms with E-state index in [1.807, 2.05) is 6.92 Å². The van der Waals surface area contributed by atoms with Crippen molar-refractivity contribution in [2.24, 2.45) is 0 Å². The molecule has 4 nitrogen and oxygen atoms in total. The summed E-state index contributed by atoms with van der Waals surface area (Å²) in [6, 6.07) is 0. The molecule has 0 aliphatic carbocycles. The van der Waals surface area contributed by atoms with Crippen molar-refractivity contribution in [3.8, 4) is 0 Å². The van der Waals surface area contributed by atoms with Crippen LogP contribution in [0.15, 0.2) is 6.20 Å². The number of rotatable bonds is 1. The topological polar surface area (TPSA) is 54.5 Å². The molecule has 0 amide bonds. The quantitative estimate of drug-likeness (QED) is 0.750. The van der Waals surface area contributed by atoms with E-state index in [0.29, 0.717) is 10.6 Å². The van der Waals surface area contributed by atoms with Gasteiger partial charge in [-0.1, -0.05) is 26.1 Å². The summed E-state index contributed by atoms with van der Waals surface area (Å²) in [4.78, 5) is 15.9. The summed E-state index contributed by atoms with van der Waals surface area (Å²) in [5.41, 5.74) is 0.770. The van der Waals surface area contributed by atoms with Gasteiger partial charge in [0.2, 0.25) is 0 Å². The van der Waals surface area contributed by atoms with Crippen molar-refractivity contribution < 1.29 is 0 Å². The van der Waals surface area contributed by atoms with Crippen LogP contribution in [0.25, 0.3) is 11.0 Å². The van der Waals surface area contributed by atoms with Crippen LogP contribution in [0.3, 0.4) is 0 Å². The van der Waals surface area contributed by atoms with E-state index in [2.05, 4.69) is 33.8 Å². The predicted molar refractivity (Wildman–Crippen MR) is 61.3 cm³/mol. The first-order valence-corrected chi connectivity index (χ1v) is 5.22. The molecule has 78 valence electrons. The summed E-state index contributed by atoms with van der Waals surface area (Å²) in [7, 11) is 0. The molecule has 0 aromatic carbocycles. The van der Waals surface area contributed by atoms with Gasteiger partial charge in [-0.2, -0.15) is 0 Å². The van der Waals surface area contributed by atoms with Gasteiger partial charge in [-0.15, -0.1) is 0 Å². The molecule has 0 fully saturated rings. The zero-order chi connectivity index (χ0) is 11.0. The van der Waals surface area contributed by atoms with E-state index in [1.54, 1.807) is 6.20 Å². The van der Waals surface area contributed by atoms with Gasteiger partial charge in [0, 0.05) is 12.1 Å². The molecule has 1 N–H and O–H groups in total. The number of H-pyrrole nitrogens is 1. The summed E-state index contributed by atoms with van der Waals surface area (Å²) in [5, 5.41) is 0.806. The fourth-order valence-electron chi connectivity index (χ4n) is 1.34. The third-order valence-corrected chi connectivity index (χ3v) is 2.43. The van der Waals surface area contributed by atoms with Crippen LogP contribution in [-0.4, -0.2) is 19.9 Å². The van der Waals surface area contributed by atoms with E-state index in [1.165, 1.54) is 0 Å². The average Bonchev–Trinajstić information content (AvgIpc) is 2.16. The fourth-order valence-corrected chi connectivity index (χ4v) is 1.62. The molecule has 0 saturated carbocycles. The maximum absolute atomic E-state index is 5.14. The number of hydrogen-bond donors (Lipinski definition) is 1. The Bertz CT molecular complexity index is 559. The van der Waals surface area contributed by atoms with Gasteiger partial charge >= 0.3 is 0 Å². The monoisotopic (exact) mass is 220 g/mol. The number of aromatic nitrogens is 4. The lowest BCUT2D eigenvalue weighted by molar-refractivity contribution is 0.779. The summed E-state index contributed by atoms with van der Waals surface area (Å²) < 4.78 is 0.552. The minimum absolute atomic E-state index is 0.310. The van der Waals surface area contributed by atoms with E-state index in [-0.39, 0.29) is 0 Å². The van der Waals surface area contributed by atoms with Crippen LogP contribution < -0.4 is 0 Å². The van der Waals surface area contributed by atoms with Gasteiger partial charge in [-0.25, -0.2) is 15.0 Å². The standard InChI is InChI=1S/C10H12N4S/c1-5(2)8-11-4-7-9(14-8)12-6(3)13-10(7)15/h4-5H,1-3H3,(H,11,12,13,14,15). The highest BCUT2D eigenvalue weighted by Gasteiger charge is 2.06. The molecular formula is C10H12N4S. The smallest absolute Gasteiger partial charge is 0.145 e. The molecule has 0 saturated heterocycles. The highest BCUT2D eigenvalue weighted by atomic mass is 32.1. The van der Waals surface area contributed by atoms with Gasteiger partial charge in [0.15, 0.2) is 0 Å². The Morgan fingerprint density at radius 1 is 1.33 bits per heavy atom. The first-order valence-electron chi connectivity index (χ1n) is 4.81. The molecule has 0 aliphatic rings. The maximum Gasteiger partial charge on any atom is 0.145 e. The third kappa shape index (κ3) is 1.87. The summed E-state index contributed by atoms with van der Waals surface area (Å²) in [6.07, 6.45) is 1.74. The van der Waals surface area contributed by atoms with Crippen LogP contribution in [0.1, 0.15) is 31.4 Å². The van der Waals surface area contributed by atoms with Gasteiger partial charge < -0.3 is 4.98 Å². The van der Waals surface area contributed by atoms with Crippen molar-refractivity contribution in [3.63, 3.8) is 0 Å². The molecule has 0 aliphatic heterocycles. The zero-order valence-corrected chi connectivity index (χ0v) is 9.72. The van der Waals surface area contributed by atoms with Crippen molar-refractivity contribution >= 4 is 23.3 Å². The number of hydrogen-bond acceptors (Lipinski definition) is 4. The zero-order valence-electron chi connectivity index (χ0n) is 8.90. The second kappa shape index (κ2) is 3.66. The highest BCUT2D eigenvalue weighted by Crippen LogP contribution is 2.13. The van der Waals surface area contributed by atoms with Gasteiger partial charge in [0.25, 0.3) is 0 Å². The molecule has 5 heteroatoms. The molecular weight excluding hydrogens is 208 g/mol. The number of nitrogens with one attached hydrogen (secondary N) is 1. The predicted octanol–water partition coefficient (Wildman–Crippen LogP) is 2.51. The van der Waals surface area contributed by atoms with Crippen molar-refractivity contribution in [3.05, 3.63) is 22.5 Å². The van der Waals surface area contributed by atoms with Crippen LogP contribution in [0.5, 0.6) is 0 Å². The molecule has 0 atom stereocenters.